The number of thiophene rings is 1. The molecule has 0 saturated carbocycles. The van der Waals surface area contributed by atoms with Crippen LogP contribution in [0, 0.1) is 11.3 Å². The lowest BCUT2D eigenvalue weighted by Crippen LogP contribution is -2.14. The quantitative estimate of drug-likeness (QED) is 0.880. The first-order valence-electron chi connectivity index (χ1n) is 6.63. The first-order chi connectivity index (χ1) is 10.2. The molecule has 1 aliphatic carbocycles. The van der Waals surface area contributed by atoms with Gasteiger partial charge < -0.3 is 9.88 Å². The highest BCUT2D eigenvalue weighted by molar-refractivity contribution is 7.99. The predicted molar refractivity (Wildman–Crippen MR) is 83.6 cm³/mol. The predicted octanol–water partition coefficient (Wildman–Crippen LogP) is 2.57. The number of thioether (sulfide) groups is 1. The minimum Gasteiger partial charge on any atom is -0.329 e. The summed E-state index contributed by atoms with van der Waals surface area (Å²) in [5, 5.41) is 13.7. The van der Waals surface area contributed by atoms with Gasteiger partial charge in [-0.15, -0.1) is 11.3 Å². The van der Waals surface area contributed by atoms with E-state index in [2.05, 4.69) is 16.4 Å². The first-order valence-corrected chi connectivity index (χ1v) is 8.44. The molecular weight excluding hydrogens is 304 g/mol. The molecule has 0 aliphatic heterocycles. The molecule has 0 atom stereocenters. The maximum atomic E-state index is 12.0. The third kappa shape index (κ3) is 2.82. The molecule has 21 heavy (non-hydrogen) atoms. The van der Waals surface area contributed by atoms with E-state index >= 15 is 0 Å². The van der Waals surface area contributed by atoms with Crippen molar-refractivity contribution in [2.24, 2.45) is 7.05 Å². The Hall–Kier alpha value is -1.78. The van der Waals surface area contributed by atoms with Gasteiger partial charge in [-0.25, -0.2) is 4.98 Å². The number of amides is 1. The summed E-state index contributed by atoms with van der Waals surface area (Å²) in [7, 11) is 1.89. The summed E-state index contributed by atoms with van der Waals surface area (Å²) in [6.45, 7) is 0. The van der Waals surface area contributed by atoms with Gasteiger partial charge in [-0.3, -0.25) is 4.79 Å². The Balaban J connectivity index is 1.66. The number of nitrogens with zero attached hydrogens (tertiary/aromatic N) is 3. The second-order valence-corrected chi connectivity index (χ2v) is 6.88. The number of carbonyl (C=O) groups excluding carboxylic acids is 1. The van der Waals surface area contributed by atoms with Gasteiger partial charge in [0.25, 0.3) is 0 Å². The lowest BCUT2D eigenvalue weighted by atomic mass is 10.1. The molecule has 0 bridgehead atoms. The third-order valence-electron chi connectivity index (χ3n) is 3.40. The van der Waals surface area contributed by atoms with E-state index in [-0.39, 0.29) is 11.7 Å². The van der Waals surface area contributed by atoms with Gasteiger partial charge >= 0.3 is 0 Å². The van der Waals surface area contributed by atoms with E-state index in [1.54, 1.807) is 17.5 Å². The van der Waals surface area contributed by atoms with Crippen LogP contribution in [-0.4, -0.2) is 21.2 Å². The van der Waals surface area contributed by atoms with Crippen molar-refractivity contribution in [1.82, 2.24) is 9.55 Å². The maximum Gasteiger partial charge on any atom is 0.235 e. The van der Waals surface area contributed by atoms with Crippen LogP contribution in [0.15, 0.2) is 17.6 Å². The van der Waals surface area contributed by atoms with Crippen LogP contribution in [0.25, 0.3) is 0 Å². The van der Waals surface area contributed by atoms with Crippen molar-refractivity contribution in [3.63, 3.8) is 0 Å². The molecule has 0 radical (unpaired) electrons. The number of fused-ring (bicyclic) bond motifs is 1. The number of nitriles is 1. The topological polar surface area (TPSA) is 70.7 Å². The number of aromatic nitrogens is 2. The summed E-state index contributed by atoms with van der Waals surface area (Å²) in [6.07, 6.45) is 6.63. The van der Waals surface area contributed by atoms with Gasteiger partial charge in [0.15, 0.2) is 5.16 Å². The molecule has 2 heterocycles. The van der Waals surface area contributed by atoms with Crippen LogP contribution in [-0.2, 0) is 24.7 Å². The Morgan fingerprint density at radius 2 is 2.48 bits per heavy atom. The second-order valence-electron chi connectivity index (χ2n) is 4.83. The third-order valence-corrected chi connectivity index (χ3v) is 5.66. The molecule has 1 amide bonds. The van der Waals surface area contributed by atoms with Crippen LogP contribution in [0.1, 0.15) is 22.4 Å². The van der Waals surface area contributed by atoms with Gasteiger partial charge in [-0.2, -0.15) is 5.26 Å². The molecule has 0 fully saturated rings. The Kier molecular flexibility index (Phi) is 3.99. The van der Waals surface area contributed by atoms with Crippen LogP contribution in [0.3, 0.4) is 0 Å². The summed E-state index contributed by atoms with van der Waals surface area (Å²) in [5.41, 5.74) is 1.79. The highest BCUT2D eigenvalue weighted by Gasteiger charge is 2.23. The number of aryl methyl sites for hydroxylation is 2. The first kappa shape index (κ1) is 14.2. The molecule has 5 nitrogen and oxygen atoms in total. The standard InChI is InChI=1S/C14H14N4OS2/c1-18-6-5-16-14(18)20-8-12(19)17-13-10(7-15)9-3-2-4-11(9)21-13/h5-6H,2-4,8H2,1H3,(H,17,19). The fraction of sp³-hybridized carbons (Fsp3) is 0.357. The zero-order valence-electron chi connectivity index (χ0n) is 11.5. The van der Waals surface area contributed by atoms with E-state index in [9.17, 15) is 10.1 Å². The highest BCUT2D eigenvalue weighted by Crippen LogP contribution is 2.38. The molecular formula is C14H14N4OS2. The summed E-state index contributed by atoms with van der Waals surface area (Å²) < 4.78 is 1.87. The average Bonchev–Trinajstić information content (AvgIpc) is 3.12. The molecule has 1 aliphatic rings. The lowest BCUT2D eigenvalue weighted by Gasteiger charge is -2.04. The van der Waals surface area contributed by atoms with Crippen LogP contribution in [0.2, 0.25) is 0 Å². The summed E-state index contributed by atoms with van der Waals surface area (Å²) in [4.78, 5) is 17.5. The maximum absolute atomic E-state index is 12.0. The van der Waals surface area contributed by atoms with Crippen LogP contribution in [0.5, 0.6) is 0 Å². The fourth-order valence-electron chi connectivity index (χ4n) is 2.39. The minimum absolute atomic E-state index is 0.0978. The fourth-order valence-corrected chi connectivity index (χ4v) is 4.38. The number of hydrogen-bond acceptors (Lipinski definition) is 5. The molecule has 108 valence electrons. The molecule has 0 saturated heterocycles. The van der Waals surface area contributed by atoms with Crippen molar-refractivity contribution in [1.29, 1.82) is 5.26 Å². The van der Waals surface area contributed by atoms with E-state index in [1.807, 2.05) is 17.8 Å². The van der Waals surface area contributed by atoms with Crippen LogP contribution in [0.4, 0.5) is 5.00 Å². The van der Waals surface area contributed by atoms with Gasteiger partial charge in [-0.1, -0.05) is 11.8 Å². The summed E-state index contributed by atoms with van der Waals surface area (Å²) in [6, 6.07) is 2.23. The molecule has 0 spiro atoms. The molecule has 2 aromatic heterocycles. The van der Waals surface area contributed by atoms with Gasteiger partial charge in [0, 0.05) is 24.3 Å². The number of rotatable bonds is 4. The Morgan fingerprint density at radius 3 is 3.19 bits per heavy atom. The van der Waals surface area contributed by atoms with Gasteiger partial charge in [0.1, 0.15) is 11.1 Å². The van der Waals surface area contributed by atoms with Crippen molar-refractivity contribution >= 4 is 34.0 Å². The van der Waals surface area contributed by atoms with E-state index < -0.39 is 0 Å². The monoisotopic (exact) mass is 318 g/mol. The molecule has 1 N–H and O–H groups in total. The van der Waals surface area contributed by atoms with Crippen molar-refractivity contribution in [3.8, 4) is 6.07 Å². The Labute approximate surface area is 131 Å². The summed E-state index contributed by atoms with van der Waals surface area (Å²) in [5.74, 6) is 0.192. The highest BCUT2D eigenvalue weighted by atomic mass is 32.2. The summed E-state index contributed by atoms with van der Waals surface area (Å²) >= 11 is 2.93. The SMILES string of the molecule is Cn1ccnc1SCC(=O)Nc1sc2c(c1C#N)CCC2. The number of anilines is 1. The number of imidazole rings is 1. The smallest absolute Gasteiger partial charge is 0.235 e. The van der Waals surface area contributed by atoms with Crippen molar-refractivity contribution < 1.29 is 4.79 Å². The number of carbonyl (C=O) groups is 1. The molecule has 2 aromatic rings. The van der Waals surface area contributed by atoms with Gasteiger partial charge in [0.05, 0.1) is 11.3 Å². The molecule has 0 unspecified atom stereocenters. The molecule has 7 heteroatoms. The van der Waals surface area contributed by atoms with E-state index in [0.717, 1.165) is 30.0 Å². The largest absolute Gasteiger partial charge is 0.329 e. The van der Waals surface area contributed by atoms with Crippen molar-refractivity contribution in [2.45, 2.75) is 24.4 Å². The minimum atomic E-state index is -0.0978. The van der Waals surface area contributed by atoms with Gasteiger partial charge in [0.2, 0.25) is 5.91 Å². The van der Waals surface area contributed by atoms with Gasteiger partial charge in [-0.05, 0) is 24.8 Å². The van der Waals surface area contributed by atoms with E-state index in [4.69, 9.17) is 0 Å². The Bertz CT molecular complexity index is 726. The zero-order valence-corrected chi connectivity index (χ0v) is 13.2. The molecule has 3 rings (SSSR count). The van der Waals surface area contributed by atoms with E-state index in [0.29, 0.717) is 10.6 Å². The van der Waals surface area contributed by atoms with E-state index in [1.165, 1.54) is 16.6 Å². The Morgan fingerprint density at radius 1 is 1.62 bits per heavy atom. The van der Waals surface area contributed by atoms with Crippen LogP contribution >= 0.6 is 23.1 Å². The average molecular weight is 318 g/mol. The number of hydrogen-bond donors (Lipinski definition) is 1. The van der Waals surface area contributed by atoms with Crippen molar-refractivity contribution in [2.75, 3.05) is 11.1 Å². The normalized spacial score (nSPS) is 13.0. The second kappa shape index (κ2) is 5.92. The molecule has 0 aromatic carbocycles. The zero-order chi connectivity index (χ0) is 14.8. The number of nitrogens with one attached hydrogen (secondary N) is 1. The lowest BCUT2D eigenvalue weighted by molar-refractivity contribution is -0.113. The van der Waals surface area contributed by atoms with Crippen LogP contribution < -0.4 is 5.32 Å². The van der Waals surface area contributed by atoms with Crippen molar-refractivity contribution in [3.05, 3.63) is 28.4 Å².